The van der Waals surface area contributed by atoms with Crippen molar-refractivity contribution in [1.82, 2.24) is 10.6 Å². The van der Waals surface area contributed by atoms with E-state index in [9.17, 15) is 9.59 Å². The van der Waals surface area contributed by atoms with Crippen LogP contribution >= 0.6 is 0 Å². The summed E-state index contributed by atoms with van der Waals surface area (Å²) in [6.45, 7) is 0.617. The van der Waals surface area contributed by atoms with Crippen molar-refractivity contribution in [2.75, 3.05) is 13.7 Å². The molecule has 0 saturated carbocycles. The number of hydrogen-bond donors (Lipinski definition) is 2. The minimum Gasteiger partial charge on any atom is -0.497 e. The van der Waals surface area contributed by atoms with Gasteiger partial charge in [-0.3, -0.25) is 9.59 Å². The van der Waals surface area contributed by atoms with Crippen LogP contribution in [0.25, 0.3) is 0 Å². The monoisotopic (exact) mass is 248 g/mol. The minimum atomic E-state index is -0.155. The van der Waals surface area contributed by atoms with Crippen LogP contribution in [0.2, 0.25) is 0 Å². The Balaban J connectivity index is 1.96. The van der Waals surface area contributed by atoms with Crippen molar-refractivity contribution in [3.05, 3.63) is 29.8 Å². The Kier molecular flexibility index (Phi) is 3.82. The van der Waals surface area contributed by atoms with Crippen molar-refractivity contribution < 1.29 is 14.3 Å². The Bertz CT molecular complexity index is 442. The number of amides is 2. The van der Waals surface area contributed by atoms with Gasteiger partial charge in [-0.2, -0.15) is 0 Å². The van der Waals surface area contributed by atoms with Crippen LogP contribution in [-0.2, 0) is 4.79 Å². The van der Waals surface area contributed by atoms with Gasteiger partial charge in [0.1, 0.15) is 5.75 Å². The van der Waals surface area contributed by atoms with E-state index in [0.717, 1.165) is 6.42 Å². The Hall–Kier alpha value is -2.04. The summed E-state index contributed by atoms with van der Waals surface area (Å²) in [6.07, 6.45) is 1.12. The van der Waals surface area contributed by atoms with Crippen molar-refractivity contribution in [3.63, 3.8) is 0 Å². The number of methoxy groups -OCH3 is 1. The molecule has 2 amide bonds. The first-order valence-electron chi connectivity index (χ1n) is 5.90. The maximum Gasteiger partial charge on any atom is 0.251 e. The smallest absolute Gasteiger partial charge is 0.251 e. The number of rotatable bonds is 3. The molecule has 18 heavy (non-hydrogen) atoms. The quantitative estimate of drug-likeness (QED) is 0.827. The molecule has 0 radical (unpaired) electrons. The van der Waals surface area contributed by atoms with Gasteiger partial charge in [0.05, 0.1) is 7.11 Å². The van der Waals surface area contributed by atoms with Crippen molar-refractivity contribution in [1.29, 1.82) is 0 Å². The number of carbonyl (C=O) groups excluding carboxylic acids is 2. The summed E-state index contributed by atoms with van der Waals surface area (Å²) in [4.78, 5) is 23.1. The third kappa shape index (κ3) is 3.00. The second-order valence-electron chi connectivity index (χ2n) is 4.24. The zero-order valence-corrected chi connectivity index (χ0v) is 10.2. The van der Waals surface area contributed by atoms with Crippen LogP contribution in [0.1, 0.15) is 23.2 Å². The molecule has 1 heterocycles. The Morgan fingerprint density at radius 1 is 1.39 bits per heavy atom. The van der Waals surface area contributed by atoms with Crippen molar-refractivity contribution in [2.24, 2.45) is 0 Å². The van der Waals surface area contributed by atoms with Gasteiger partial charge in [-0.1, -0.05) is 0 Å². The molecule has 0 aliphatic carbocycles. The molecule has 1 aliphatic rings. The second kappa shape index (κ2) is 5.53. The molecule has 1 atom stereocenters. The molecule has 0 bridgehead atoms. The predicted octanol–water partition coefficient (Wildman–Crippen LogP) is 0.704. The summed E-state index contributed by atoms with van der Waals surface area (Å²) in [5.41, 5.74) is 0.571. The molecule has 1 fully saturated rings. The Labute approximate surface area is 106 Å². The zero-order chi connectivity index (χ0) is 13.0. The minimum absolute atomic E-state index is 0.0127. The summed E-state index contributed by atoms with van der Waals surface area (Å²) in [6, 6.07) is 6.81. The van der Waals surface area contributed by atoms with Crippen molar-refractivity contribution >= 4 is 11.8 Å². The van der Waals surface area contributed by atoms with Crippen LogP contribution in [0.15, 0.2) is 24.3 Å². The lowest BCUT2D eigenvalue weighted by molar-refractivity contribution is -0.122. The molecule has 1 aliphatic heterocycles. The van der Waals surface area contributed by atoms with E-state index in [-0.39, 0.29) is 17.9 Å². The van der Waals surface area contributed by atoms with Gasteiger partial charge in [-0.15, -0.1) is 0 Å². The SMILES string of the molecule is COc1ccc(C(=O)NC2CCNC(=O)C2)cc1. The summed E-state index contributed by atoms with van der Waals surface area (Å²) in [5.74, 6) is 0.544. The van der Waals surface area contributed by atoms with E-state index < -0.39 is 0 Å². The van der Waals surface area contributed by atoms with Crippen LogP contribution in [0, 0.1) is 0 Å². The summed E-state index contributed by atoms with van der Waals surface area (Å²) in [7, 11) is 1.58. The highest BCUT2D eigenvalue weighted by Gasteiger charge is 2.20. The van der Waals surface area contributed by atoms with E-state index >= 15 is 0 Å². The number of piperidine rings is 1. The topological polar surface area (TPSA) is 67.4 Å². The molecule has 1 aromatic carbocycles. The average Bonchev–Trinajstić information content (AvgIpc) is 2.39. The van der Waals surface area contributed by atoms with Gasteiger partial charge in [-0.25, -0.2) is 0 Å². The molecule has 1 unspecified atom stereocenters. The lowest BCUT2D eigenvalue weighted by Gasteiger charge is -2.23. The van der Waals surface area contributed by atoms with Crippen LogP contribution in [-0.4, -0.2) is 31.5 Å². The third-order valence-corrected chi connectivity index (χ3v) is 2.93. The van der Waals surface area contributed by atoms with Gasteiger partial charge in [0.15, 0.2) is 0 Å². The Morgan fingerprint density at radius 3 is 2.72 bits per heavy atom. The molecular formula is C13H16N2O3. The summed E-state index contributed by atoms with van der Waals surface area (Å²) >= 11 is 0. The summed E-state index contributed by atoms with van der Waals surface area (Å²) < 4.78 is 5.03. The number of nitrogens with one attached hydrogen (secondary N) is 2. The first-order valence-corrected chi connectivity index (χ1v) is 5.90. The van der Waals surface area contributed by atoms with E-state index in [1.807, 2.05) is 0 Å². The van der Waals surface area contributed by atoms with E-state index in [1.165, 1.54) is 0 Å². The van der Waals surface area contributed by atoms with Gasteiger partial charge in [-0.05, 0) is 30.7 Å². The molecule has 96 valence electrons. The highest BCUT2D eigenvalue weighted by molar-refractivity contribution is 5.94. The lowest BCUT2D eigenvalue weighted by Crippen LogP contribution is -2.45. The molecule has 5 heteroatoms. The molecule has 5 nitrogen and oxygen atoms in total. The van der Waals surface area contributed by atoms with Crippen LogP contribution in [0.4, 0.5) is 0 Å². The number of benzene rings is 1. The normalized spacial score (nSPS) is 18.9. The fourth-order valence-corrected chi connectivity index (χ4v) is 1.92. The van der Waals surface area contributed by atoms with Gasteiger partial charge in [0.25, 0.3) is 5.91 Å². The fraction of sp³-hybridized carbons (Fsp3) is 0.385. The third-order valence-electron chi connectivity index (χ3n) is 2.93. The van der Waals surface area contributed by atoms with Crippen LogP contribution < -0.4 is 15.4 Å². The molecule has 0 spiro atoms. The molecular weight excluding hydrogens is 232 g/mol. The molecule has 1 saturated heterocycles. The molecule has 2 N–H and O–H groups in total. The van der Waals surface area contributed by atoms with E-state index in [2.05, 4.69) is 10.6 Å². The average molecular weight is 248 g/mol. The maximum absolute atomic E-state index is 11.9. The standard InChI is InChI=1S/C13H16N2O3/c1-18-11-4-2-9(3-5-11)13(17)15-10-6-7-14-12(16)8-10/h2-5,10H,6-8H2,1H3,(H,14,16)(H,15,17). The molecule has 0 aromatic heterocycles. The maximum atomic E-state index is 11.9. The first kappa shape index (κ1) is 12.4. The number of hydrogen-bond acceptors (Lipinski definition) is 3. The fourth-order valence-electron chi connectivity index (χ4n) is 1.92. The van der Waals surface area contributed by atoms with Gasteiger partial charge < -0.3 is 15.4 Å². The predicted molar refractivity (Wildman–Crippen MR) is 66.5 cm³/mol. The van der Waals surface area contributed by atoms with Crippen LogP contribution in [0.3, 0.4) is 0 Å². The molecule has 1 aromatic rings. The van der Waals surface area contributed by atoms with E-state index in [4.69, 9.17) is 4.74 Å². The van der Waals surface area contributed by atoms with E-state index in [1.54, 1.807) is 31.4 Å². The number of ether oxygens (including phenoxy) is 1. The highest BCUT2D eigenvalue weighted by atomic mass is 16.5. The Morgan fingerprint density at radius 2 is 2.11 bits per heavy atom. The first-order chi connectivity index (χ1) is 8.69. The van der Waals surface area contributed by atoms with Gasteiger partial charge in [0, 0.05) is 24.6 Å². The highest BCUT2D eigenvalue weighted by Crippen LogP contribution is 2.12. The molecule has 2 rings (SSSR count). The van der Waals surface area contributed by atoms with Crippen LogP contribution in [0.5, 0.6) is 5.75 Å². The lowest BCUT2D eigenvalue weighted by atomic mass is 10.1. The van der Waals surface area contributed by atoms with Crippen molar-refractivity contribution in [2.45, 2.75) is 18.9 Å². The van der Waals surface area contributed by atoms with Gasteiger partial charge in [0.2, 0.25) is 5.91 Å². The second-order valence-corrected chi connectivity index (χ2v) is 4.24. The van der Waals surface area contributed by atoms with Crippen molar-refractivity contribution in [3.8, 4) is 5.75 Å². The van der Waals surface area contributed by atoms with E-state index in [0.29, 0.717) is 24.3 Å². The summed E-state index contributed by atoms with van der Waals surface area (Å²) in [5, 5.41) is 5.60. The van der Waals surface area contributed by atoms with Gasteiger partial charge >= 0.3 is 0 Å². The number of carbonyl (C=O) groups is 2. The largest absolute Gasteiger partial charge is 0.497 e. The zero-order valence-electron chi connectivity index (χ0n) is 10.2.